The van der Waals surface area contributed by atoms with Crippen molar-refractivity contribution in [1.82, 2.24) is 9.55 Å². The standard InChI is InChI=1S/C15H14N4O2/c16-9-10-18-14-4-2-1-3-13(14)17-15(18)11-5-7-12(8-6-11)19(20)21/h1-8H,9-10,16H2. The smallest absolute Gasteiger partial charge is 0.269 e. The highest BCUT2D eigenvalue weighted by Gasteiger charge is 2.13. The molecule has 2 aromatic carbocycles. The van der Waals surface area contributed by atoms with E-state index in [4.69, 9.17) is 5.73 Å². The lowest BCUT2D eigenvalue weighted by atomic mass is 10.2. The predicted octanol–water partition coefficient (Wildman–Crippen LogP) is 2.57. The Labute approximate surface area is 121 Å². The van der Waals surface area contributed by atoms with E-state index in [-0.39, 0.29) is 5.69 Å². The van der Waals surface area contributed by atoms with E-state index in [1.165, 1.54) is 12.1 Å². The SMILES string of the molecule is NCCn1c(-c2ccc([N+](=O)[O-])cc2)nc2ccccc21. The van der Waals surface area contributed by atoms with Crippen LogP contribution >= 0.6 is 0 Å². The number of nitro groups is 1. The van der Waals surface area contributed by atoms with Crippen molar-refractivity contribution in [3.05, 3.63) is 58.6 Å². The van der Waals surface area contributed by atoms with Crippen molar-refractivity contribution in [3.63, 3.8) is 0 Å². The molecule has 106 valence electrons. The number of nitro benzene ring substituents is 1. The third-order valence-corrected chi connectivity index (χ3v) is 3.34. The minimum atomic E-state index is -0.410. The van der Waals surface area contributed by atoms with Crippen molar-refractivity contribution in [2.75, 3.05) is 6.54 Å². The molecule has 0 atom stereocenters. The van der Waals surface area contributed by atoms with Crippen molar-refractivity contribution in [3.8, 4) is 11.4 Å². The van der Waals surface area contributed by atoms with Crippen molar-refractivity contribution < 1.29 is 4.92 Å². The summed E-state index contributed by atoms with van der Waals surface area (Å²) in [5.74, 6) is 0.775. The van der Waals surface area contributed by atoms with Crippen LogP contribution in [0, 0.1) is 10.1 Å². The van der Waals surface area contributed by atoms with Gasteiger partial charge in [-0.2, -0.15) is 0 Å². The second kappa shape index (κ2) is 5.34. The van der Waals surface area contributed by atoms with Crippen molar-refractivity contribution >= 4 is 16.7 Å². The largest absolute Gasteiger partial charge is 0.329 e. The van der Waals surface area contributed by atoms with Gasteiger partial charge in [-0.3, -0.25) is 10.1 Å². The first-order valence-electron chi connectivity index (χ1n) is 6.61. The average Bonchev–Trinajstić information content (AvgIpc) is 2.87. The van der Waals surface area contributed by atoms with Gasteiger partial charge in [0.2, 0.25) is 0 Å². The first kappa shape index (κ1) is 13.3. The topological polar surface area (TPSA) is 87.0 Å². The maximum atomic E-state index is 10.7. The van der Waals surface area contributed by atoms with Crippen LogP contribution in [-0.4, -0.2) is 21.0 Å². The predicted molar refractivity (Wildman–Crippen MR) is 80.9 cm³/mol. The number of imidazole rings is 1. The van der Waals surface area contributed by atoms with E-state index in [9.17, 15) is 10.1 Å². The molecule has 0 radical (unpaired) electrons. The Morgan fingerprint density at radius 1 is 1.14 bits per heavy atom. The number of hydrogen-bond donors (Lipinski definition) is 1. The summed E-state index contributed by atoms with van der Waals surface area (Å²) in [6.45, 7) is 1.15. The molecule has 0 saturated heterocycles. The Morgan fingerprint density at radius 3 is 2.52 bits per heavy atom. The molecule has 1 heterocycles. The van der Waals surface area contributed by atoms with Gasteiger partial charge < -0.3 is 10.3 Å². The highest BCUT2D eigenvalue weighted by Crippen LogP contribution is 2.26. The van der Waals surface area contributed by atoms with Crippen LogP contribution in [0.25, 0.3) is 22.4 Å². The van der Waals surface area contributed by atoms with Gasteiger partial charge in [-0.1, -0.05) is 12.1 Å². The highest BCUT2D eigenvalue weighted by molar-refractivity contribution is 5.80. The molecule has 1 aromatic heterocycles. The fourth-order valence-electron chi connectivity index (χ4n) is 2.38. The molecule has 3 aromatic rings. The highest BCUT2D eigenvalue weighted by atomic mass is 16.6. The Hall–Kier alpha value is -2.73. The zero-order valence-corrected chi connectivity index (χ0v) is 11.3. The third kappa shape index (κ3) is 2.36. The van der Waals surface area contributed by atoms with Gasteiger partial charge in [0.25, 0.3) is 5.69 Å². The van der Waals surface area contributed by atoms with E-state index in [1.807, 2.05) is 28.8 Å². The summed E-state index contributed by atoms with van der Waals surface area (Å²) in [4.78, 5) is 14.9. The van der Waals surface area contributed by atoms with Crippen LogP contribution in [0.3, 0.4) is 0 Å². The Morgan fingerprint density at radius 2 is 1.86 bits per heavy atom. The van der Waals surface area contributed by atoms with Gasteiger partial charge in [0.05, 0.1) is 16.0 Å². The number of para-hydroxylation sites is 2. The van der Waals surface area contributed by atoms with Gasteiger partial charge in [-0.05, 0) is 24.3 Å². The second-order valence-electron chi connectivity index (χ2n) is 4.67. The van der Waals surface area contributed by atoms with Gasteiger partial charge in [0.1, 0.15) is 5.82 Å². The summed E-state index contributed by atoms with van der Waals surface area (Å²) in [5.41, 5.74) is 8.49. The second-order valence-corrected chi connectivity index (χ2v) is 4.67. The molecule has 6 nitrogen and oxygen atoms in total. The monoisotopic (exact) mass is 282 g/mol. The Kier molecular flexibility index (Phi) is 3.37. The lowest BCUT2D eigenvalue weighted by Crippen LogP contribution is -2.10. The Balaban J connectivity index is 2.14. The molecule has 0 unspecified atom stereocenters. The van der Waals surface area contributed by atoms with Crippen LogP contribution in [0.2, 0.25) is 0 Å². The first-order chi connectivity index (χ1) is 10.2. The first-order valence-corrected chi connectivity index (χ1v) is 6.61. The van der Waals surface area contributed by atoms with Crippen LogP contribution in [0.4, 0.5) is 5.69 Å². The van der Waals surface area contributed by atoms with Crippen molar-refractivity contribution in [1.29, 1.82) is 0 Å². The molecule has 3 rings (SSSR count). The fourth-order valence-corrected chi connectivity index (χ4v) is 2.38. The number of benzene rings is 2. The van der Waals surface area contributed by atoms with Gasteiger partial charge in [0, 0.05) is 30.8 Å². The maximum Gasteiger partial charge on any atom is 0.269 e. The van der Waals surface area contributed by atoms with Crippen LogP contribution in [0.5, 0.6) is 0 Å². The van der Waals surface area contributed by atoms with Crippen molar-refractivity contribution in [2.24, 2.45) is 5.73 Å². The summed E-state index contributed by atoms with van der Waals surface area (Å²) in [6, 6.07) is 14.2. The van der Waals surface area contributed by atoms with Crippen LogP contribution in [-0.2, 0) is 6.54 Å². The molecule has 0 amide bonds. The molecule has 21 heavy (non-hydrogen) atoms. The number of hydrogen-bond acceptors (Lipinski definition) is 4. The average molecular weight is 282 g/mol. The van der Waals surface area contributed by atoms with E-state index in [0.717, 1.165) is 22.4 Å². The van der Waals surface area contributed by atoms with Gasteiger partial charge in [-0.25, -0.2) is 4.98 Å². The number of nitrogens with zero attached hydrogens (tertiary/aromatic N) is 3. The molecule has 0 bridgehead atoms. The fraction of sp³-hybridized carbons (Fsp3) is 0.133. The van der Waals surface area contributed by atoms with E-state index >= 15 is 0 Å². The Bertz CT molecular complexity index is 793. The minimum Gasteiger partial charge on any atom is -0.329 e. The molecule has 6 heteroatoms. The maximum absolute atomic E-state index is 10.7. The number of nitrogens with two attached hydrogens (primary N) is 1. The van der Waals surface area contributed by atoms with Gasteiger partial charge in [-0.15, -0.1) is 0 Å². The van der Waals surface area contributed by atoms with E-state index in [1.54, 1.807) is 12.1 Å². The molecule has 2 N–H and O–H groups in total. The summed E-state index contributed by atoms with van der Waals surface area (Å²) in [6.07, 6.45) is 0. The van der Waals surface area contributed by atoms with Crippen LogP contribution < -0.4 is 5.73 Å². The third-order valence-electron chi connectivity index (χ3n) is 3.34. The van der Waals surface area contributed by atoms with E-state index in [2.05, 4.69) is 4.98 Å². The molecule has 0 saturated carbocycles. The molecule has 0 aliphatic heterocycles. The zero-order chi connectivity index (χ0) is 14.8. The number of aromatic nitrogens is 2. The van der Waals surface area contributed by atoms with E-state index in [0.29, 0.717) is 13.1 Å². The normalized spacial score (nSPS) is 10.9. The summed E-state index contributed by atoms with van der Waals surface area (Å²) < 4.78 is 2.04. The number of fused-ring (bicyclic) bond motifs is 1. The van der Waals surface area contributed by atoms with Gasteiger partial charge in [0.15, 0.2) is 0 Å². The quantitative estimate of drug-likeness (QED) is 0.588. The zero-order valence-electron chi connectivity index (χ0n) is 11.3. The molecular formula is C15H14N4O2. The molecule has 0 spiro atoms. The number of non-ortho nitro benzene ring substituents is 1. The summed E-state index contributed by atoms with van der Waals surface area (Å²) in [5, 5.41) is 10.7. The van der Waals surface area contributed by atoms with Crippen molar-refractivity contribution in [2.45, 2.75) is 6.54 Å². The molecule has 0 aliphatic carbocycles. The lowest BCUT2D eigenvalue weighted by molar-refractivity contribution is -0.384. The molecular weight excluding hydrogens is 268 g/mol. The lowest BCUT2D eigenvalue weighted by Gasteiger charge is -2.07. The van der Waals surface area contributed by atoms with Crippen LogP contribution in [0.15, 0.2) is 48.5 Å². The van der Waals surface area contributed by atoms with Crippen LogP contribution in [0.1, 0.15) is 0 Å². The molecule has 0 fully saturated rings. The summed E-state index contributed by atoms with van der Waals surface area (Å²) in [7, 11) is 0. The summed E-state index contributed by atoms with van der Waals surface area (Å²) >= 11 is 0. The van der Waals surface area contributed by atoms with Gasteiger partial charge >= 0.3 is 0 Å². The molecule has 0 aliphatic rings. The van der Waals surface area contributed by atoms with E-state index < -0.39 is 4.92 Å². The number of rotatable bonds is 4. The minimum absolute atomic E-state index is 0.0697.